The van der Waals surface area contributed by atoms with Gasteiger partial charge in [-0.1, -0.05) is 0 Å². The van der Waals surface area contributed by atoms with E-state index in [9.17, 15) is 0 Å². The van der Waals surface area contributed by atoms with Crippen LogP contribution in [0.1, 0.15) is 25.8 Å². The second kappa shape index (κ2) is 6.91. The number of nitrogens with zero attached hydrogens (tertiary/aromatic N) is 6. The fourth-order valence-electron chi connectivity index (χ4n) is 4.29. The van der Waals surface area contributed by atoms with Crippen LogP contribution in [0.5, 0.6) is 0 Å². The number of morpholine rings is 1. The Kier molecular flexibility index (Phi) is 4.05. The van der Waals surface area contributed by atoms with Crippen molar-refractivity contribution in [2.75, 3.05) is 24.7 Å². The zero-order valence-corrected chi connectivity index (χ0v) is 16.8. The van der Waals surface area contributed by atoms with Gasteiger partial charge in [-0.2, -0.15) is 10.2 Å². The predicted molar refractivity (Wildman–Crippen MR) is 114 cm³/mol. The van der Waals surface area contributed by atoms with Gasteiger partial charge in [-0.05, 0) is 44.0 Å². The number of aromatic nitrogens is 6. The van der Waals surface area contributed by atoms with Gasteiger partial charge in [-0.3, -0.25) is 14.8 Å². The van der Waals surface area contributed by atoms with Gasteiger partial charge in [-0.15, -0.1) is 0 Å². The molecule has 152 valence electrons. The van der Waals surface area contributed by atoms with Crippen LogP contribution < -0.4 is 4.90 Å². The number of rotatable bonds is 4. The lowest BCUT2D eigenvalue weighted by Gasteiger charge is -2.34. The molecule has 4 aromatic rings. The summed E-state index contributed by atoms with van der Waals surface area (Å²) in [6.07, 6.45) is 7.86. The monoisotopic (exact) mass is 401 g/mol. The first kappa shape index (κ1) is 17.6. The molecule has 30 heavy (non-hydrogen) atoms. The van der Waals surface area contributed by atoms with Crippen molar-refractivity contribution in [2.24, 2.45) is 0 Å². The van der Waals surface area contributed by atoms with Gasteiger partial charge in [0.15, 0.2) is 0 Å². The summed E-state index contributed by atoms with van der Waals surface area (Å²) in [5.41, 5.74) is 4.82. The third-order valence-corrected chi connectivity index (χ3v) is 5.97. The highest BCUT2D eigenvalue weighted by Gasteiger charge is 2.28. The maximum Gasteiger partial charge on any atom is 0.130 e. The molecule has 1 saturated carbocycles. The average Bonchev–Trinajstić information content (AvgIpc) is 3.26. The van der Waals surface area contributed by atoms with Gasteiger partial charge in [0, 0.05) is 36.1 Å². The zero-order chi connectivity index (χ0) is 20.1. The topological polar surface area (TPSA) is 84.8 Å². The van der Waals surface area contributed by atoms with E-state index >= 15 is 0 Å². The van der Waals surface area contributed by atoms with E-state index in [4.69, 9.17) is 9.72 Å². The maximum atomic E-state index is 5.66. The van der Waals surface area contributed by atoms with E-state index in [1.165, 1.54) is 12.8 Å². The number of hydrogen-bond acceptors (Lipinski definition) is 6. The van der Waals surface area contributed by atoms with E-state index in [1.54, 1.807) is 6.20 Å². The Morgan fingerprint density at radius 1 is 1.13 bits per heavy atom. The summed E-state index contributed by atoms with van der Waals surface area (Å²) in [5, 5.41) is 12.9. The van der Waals surface area contributed by atoms with Gasteiger partial charge in [0.05, 0.1) is 36.7 Å². The second-order valence-electron chi connectivity index (χ2n) is 8.06. The molecule has 2 fully saturated rings. The number of pyridine rings is 2. The molecule has 0 bridgehead atoms. The van der Waals surface area contributed by atoms with Crippen molar-refractivity contribution in [1.82, 2.24) is 29.9 Å². The summed E-state index contributed by atoms with van der Waals surface area (Å²) < 4.78 is 7.82. The van der Waals surface area contributed by atoms with Crippen LogP contribution in [0.25, 0.3) is 33.5 Å². The maximum absolute atomic E-state index is 5.66. The lowest BCUT2D eigenvalue weighted by Crippen LogP contribution is -2.44. The Bertz CT molecular complexity index is 1200. The van der Waals surface area contributed by atoms with Crippen LogP contribution in [-0.2, 0) is 4.74 Å². The Morgan fingerprint density at radius 3 is 2.87 bits per heavy atom. The highest BCUT2D eigenvalue weighted by atomic mass is 16.5. The van der Waals surface area contributed by atoms with Crippen molar-refractivity contribution < 1.29 is 4.74 Å². The molecule has 0 aromatic carbocycles. The van der Waals surface area contributed by atoms with E-state index in [2.05, 4.69) is 48.9 Å². The largest absolute Gasteiger partial charge is 0.377 e. The molecule has 1 atom stereocenters. The first-order chi connectivity index (χ1) is 14.8. The van der Waals surface area contributed by atoms with Gasteiger partial charge in [0.25, 0.3) is 0 Å². The molecule has 1 aliphatic heterocycles. The minimum absolute atomic E-state index is 0.261. The number of nitrogens with one attached hydrogen (secondary N) is 1. The molecule has 0 spiro atoms. The molecule has 1 aliphatic carbocycles. The molecule has 6 rings (SSSR count). The first-order valence-corrected chi connectivity index (χ1v) is 10.5. The molecule has 0 amide bonds. The van der Waals surface area contributed by atoms with Crippen molar-refractivity contribution in [3.05, 3.63) is 42.9 Å². The summed E-state index contributed by atoms with van der Waals surface area (Å²) in [6, 6.07) is 9.05. The summed E-state index contributed by atoms with van der Waals surface area (Å²) >= 11 is 0. The van der Waals surface area contributed by atoms with E-state index in [1.807, 2.05) is 24.5 Å². The van der Waals surface area contributed by atoms with Crippen molar-refractivity contribution in [3.63, 3.8) is 0 Å². The first-order valence-electron chi connectivity index (χ1n) is 10.5. The van der Waals surface area contributed by atoms with Crippen LogP contribution in [0.4, 0.5) is 5.82 Å². The Morgan fingerprint density at radius 2 is 2.07 bits per heavy atom. The smallest absolute Gasteiger partial charge is 0.130 e. The van der Waals surface area contributed by atoms with Gasteiger partial charge >= 0.3 is 0 Å². The van der Waals surface area contributed by atoms with Crippen LogP contribution >= 0.6 is 0 Å². The van der Waals surface area contributed by atoms with Gasteiger partial charge in [0.1, 0.15) is 17.0 Å². The van der Waals surface area contributed by atoms with E-state index < -0.39 is 0 Å². The number of hydrogen-bond donors (Lipinski definition) is 1. The third-order valence-electron chi connectivity index (χ3n) is 5.97. The van der Waals surface area contributed by atoms with Crippen LogP contribution in [0.2, 0.25) is 0 Å². The van der Waals surface area contributed by atoms with Crippen LogP contribution in [0.15, 0.2) is 42.9 Å². The highest BCUT2D eigenvalue weighted by Crippen LogP contribution is 2.41. The van der Waals surface area contributed by atoms with Crippen LogP contribution in [-0.4, -0.2) is 55.7 Å². The van der Waals surface area contributed by atoms with Gasteiger partial charge in [0.2, 0.25) is 0 Å². The fourth-order valence-corrected chi connectivity index (χ4v) is 4.29. The molecule has 8 heteroatoms. The van der Waals surface area contributed by atoms with Crippen molar-refractivity contribution in [1.29, 1.82) is 0 Å². The zero-order valence-electron chi connectivity index (χ0n) is 16.8. The lowest BCUT2D eigenvalue weighted by atomic mass is 10.0. The highest BCUT2D eigenvalue weighted by molar-refractivity contribution is 6.01. The van der Waals surface area contributed by atoms with E-state index in [0.29, 0.717) is 19.3 Å². The number of ether oxygens (including phenoxy) is 1. The minimum Gasteiger partial charge on any atom is -0.377 e. The minimum atomic E-state index is 0.261. The van der Waals surface area contributed by atoms with Crippen LogP contribution in [0.3, 0.4) is 0 Å². The number of H-pyrrole nitrogens is 1. The molecule has 1 N–H and O–H groups in total. The standard InChI is InChI=1S/C22H23N7O/c1-14-13-30-11-10-28(14)20-12-17(19-6-9-25-29(19)15-2-3-15)16-4-7-23-22(21(16)26-20)18-5-8-24-27-18/h4-9,12,14-15H,2-3,10-11,13H2,1H3,(H,24,27)/t14-/m1/s1. The second-order valence-corrected chi connectivity index (χ2v) is 8.06. The molecular weight excluding hydrogens is 378 g/mol. The van der Waals surface area contributed by atoms with E-state index in [-0.39, 0.29) is 6.04 Å². The lowest BCUT2D eigenvalue weighted by molar-refractivity contribution is 0.0986. The predicted octanol–water partition coefficient (Wildman–Crippen LogP) is 3.44. The Hall–Kier alpha value is -3.26. The van der Waals surface area contributed by atoms with Crippen molar-refractivity contribution >= 4 is 16.7 Å². The van der Waals surface area contributed by atoms with Gasteiger partial charge < -0.3 is 9.64 Å². The summed E-state index contributed by atoms with van der Waals surface area (Å²) in [7, 11) is 0. The molecule has 5 heterocycles. The molecule has 8 nitrogen and oxygen atoms in total. The molecule has 2 aliphatic rings. The summed E-state index contributed by atoms with van der Waals surface area (Å²) in [5.74, 6) is 0.950. The van der Waals surface area contributed by atoms with Crippen molar-refractivity contribution in [2.45, 2.75) is 31.8 Å². The van der Waals surface area contributed by atoms with Gasteiger partial charge in [-0.25, -0.2) is 4.98 Å². The molecule has 0 unspecified atom stereocenters. The summed E-state index contributed by atoms with van der Waals surface area (Å²) in [6.45, 7) is 4.41. The molecule has 4 aromatic heterocycles. The Labute approximate surface area is 173 Å². The number of fused-ring (bicyclic) bond motifs is 1. The number of anilines is 1. The normalized spacial score (nSPS) is 19.5. The molecule has 0 radical (unpaired) electrons. The number of aromatic amines is 1. The quantitative estimate of drug-likeness (QED) is 0.564. The average molecular weight is 401 g/mol. The van der Waals surface area contributed by atoms with E-state index in [0.717, 1.165) is 45.9 Å². The SMILES string of the molecule is C[C@@H]1COCCN1c1cc(-c2ccnn2C2CC2)c2ccnc(-c3ccn[nH]3)c2n1. The summed E-state index contributed by atoms with van der Waals surface area (Å²) in [4.78, 5) is 12.1. The molecule has 1 saturated heterocycles. The Balaban J connectivity index is 1.61. The van der Waals surface area contributed by atoms with Crippen molar-refractivity contribution in [3.8, 4) is 22.6 Å². The fraction of sp³-hybridized carbons (Fsp3) is 0.364. The van der Waals surface area contributed by atoms with Crippen LogP contribution in [0, 0.1) is 0 Å². The third kappa shape index (κ3) is 2.87. The molecular formula is C22H23N7O.